The summed E-state index contributed by atoms with van der Waals surface area (Å²) >= 11 is 0. The summed E-state index contributed by atoms with van der Waals surface area (Å²) in [5, 5.41) is 2.85. The fraction of sp³-hybridized carbons (Fsp3) is 0.500. The van der Waals surface area contributed by atoms with E-state index in [9.17, 15) is 4.79 Å². The number of amides is 1. The van der Waals surface area contributed by atoms with Gasteiger partial charge in [0, 0.05) is 12.1 Å². The highest BCUT2D eigenvalue weighted by Gasteiger charge is 2.02. The van der Waals surface area contributed by atoms with Crippen LogP contribution in [0.5, 0.6) is 5.75 Å². The number of benzene rings is 1. The number of rotatable bonds is 8. The molecule has 1 rings (SSSR count). The van der Waals surface area contributed by atoms with Crippen molar-refractivity contribution in [3.05, 3.63) is 24.3 Å². The van der Waals surface area contributed by atoms with Gasteiger partial charge in [0.2, 0.25) is 5.91 Å². The number of hydrogen-bond donors (Lipinski definition) is 2. The van der Waals surface area contributed by atoms with E-state index in [1.54, 1.807) is 0 Å². The first-order valence-corrected chi connectivity index (χ1v) is 6.49. The van der Waals surface area contributed by atoms with E-state index in [4.69, 9.17) is 10.5 Å². The molecule has 0 heterocycles. The normalized spacial score (nSPS) is 10.1. The van der Waals surface area contributed by atoms with Crippen LogP contribution in [0.25, 0.3) is 0 Å². The van der Waals surface area contributed by atoms with Crippen LogP contribution >= 0.6 is 0 Å². The van der Waals surface area contributed by atoms with Crippen molar-refractivity contribution in [2.45, 2.75) is 32.6 Å². The summed E-state index contributed by atoms with van der Waals surface area (Å²) in [6.07, 6.45) is 3.22. The Bertz CT molecular complexity index is 349. The Hall–Kier alpha value is -1.55. The molecule has 0 bridgehead atoms. The second kappa shape index (κ2) is 8.53. The number of carbonyl (C=O) groups is 1. The SMILES string of the molecule is CCCOc1ccc(NC(=O)CCCCN)cc1. The number of nitrogens with two attached hydrogens (primary N) is 1. The second-order valence-corrected chi connectivity index (χ2v) is 4.17. The van der Waals surface area contributed by atoms with E-state index in [0.29, 0.717) is 19.6 Å². The molecular weight excluding hydrogens is 228 g/mol. The molecule has 0 aromatic heterocycles. The van der Waals surface area contributed by atoms with Crippen LogP contribution in [0, 0.1) is 0 Å². The second-order valence-electron chi connectivity index (χ2n) is 4.17. The Morgan fingerprint density at radius 1 is 1.28 bits per heavy atom. The van der Waals surface area contributed by atoms with E-state index in [2.05, 4.69) is 12.2 Å². The molecule has 0 fully saturated rings. The van der Waals surface area contributed by atoms with E-state index >= 15 is 0 Å². The standard InChI is InChI=1S/C14H22N2O2/c1-2-11-18-13-8-6-12(7-9-13)16-14(17)5-3-4-10-15/h6-9H,2-5,10-11,15H2,1H3,(H,16,17). The third-order valence-corrected chi connectivity index (χ3v) is 2.47. The van der Waals surface area contributed by atoms with E-state index in [-0.39, 0.29) is 5.91 Å². The van der Waals surface area contributed by atoms with Crippen molar-refractivity contribution >= 4 is 11.6 Å². The van der Waals surface area contributed by atoms with E-state index < -0.39 is 0 Å². The minimum absolute atomic E-state index is 0.0330. The fourth-order valence-electron chi connectivity index (χ4n) is 1.51. The van der Waals surface area contributed by atoms with Crippen LogP contribution in [0.15, 0.2) is 24.3 Å². The summed E-state index contributed by atoms with van der Waals surface area (Å²) in [5.74, 6) is 0.864. The van der Waals surface area contributed by atoms with Crippen molar-refractivity contribution in [3.8, 4) is 5.75 Å². The zero-order chi connectivity index (χ0) is 13.2. The van der Waals surface area contributed by atoms with Crippen molar-refractivity contribution < 1.29 is 9.53 Å². The first-order valence-electron chi connectivity index (χ1n) is 6.49. The van der Waals surface area contributed by atoms with Gasteiger partial charge in [-0.3, -0.25) is 4.79 Å². The van der Waals surface area contributed by atoms with Gasteiger partial charge in [0.25, 0.3) is 0 Å². The minimum atomic E-state index is 0.0330. The Labute approximate surface area is 109 Å². The highest BCUT2D eigenvalue weighted by molar-refractivity contribution is 5.90. The molecule has 0 atom stereocenters. The number of carbonyl (C=O) groups excluding carboxylic acids is 1. The van der Waals surface area contributed by atoms with Gasteiger partial charge in [-0.1, -0.05) is 6.92 Å². The van der Waals surface area contributed by atoms with Crippen LogP contribution in [0.3, 0.4) is 0 Å². The molecular formula is C14H22N2O2. The predicted octanol–water partition coefficient (Wildman–Crippen LogP) is 2.54. The quantitative estimate of drug-likeness (QED) is 0.697. The van der Waals surface area contributed by atoms with Crippen molar-refractivity contribution in [2.75, 3.05) is 18.5 Å². The summed E-state index contributed by atoms with van der Waals surface area (Å²) in [5.41, 5.74) is 6.18. The summed E-state index contributed by atoms with van der Waals surface area (Å²) < 4.78 is 5.47. The lowest BCUT2D eigenvalue weighted by atomic mass is 10.2. The zero-order valence-electron chi connectivity index (χ0n) is 10.9. The van der Waals surface area contributed by atoms with Crippen molar-refractivity contribution in [2.24, 2.45) is 5.73 Å². The lowest BCUT2D eigenvalue weighted by Gasteiger charge is -2.07. The maximum Gasteiger partial charge on any atom is 0.224 e. The molecule has 0 saturated carbocycles. The maximum atomic E-state index is 11.6. The summed E-state index contributed by atoms with van der Waals surface area (Å²) in [7, 11) is 0. The monoisotopic (exact) mass is 250 g/mol. The van der Waals surface area contributed by atoms with Crippen LogP contribution in [0.1, 0.15) is 32.6 Å². The lowest BCUT2D eigenvalue weighted by molar-refractivity contribution is -0.116. The molecule has 0 aliphatic heterocycles. The van der Waals surface area contributed by atoms with Gasteiger partial charge in [0.15, 0.2) is 0 Å². The van der Waals surface area contributed by atoms with Crippen LogP contribution in [-0.2, 0) is 4.79 Å². The third kappa shape index (κ3) is 5.68. The van der Waals surface area contributed by atoms with Gasteiger partial charge in [-0.15, -0.1) is 0 Å². The van der Waals surface area contributed by atoms with Crippen LogP contribution in [-0.4, -0.2) is 19.1 Å². The van der Waals surface area contributed by atoms with Gasteiger partial charge >= 0.3 is 0 Å². The number of ether oxygens (including phenoxy) is 1. The molecule has 1 aromatic carbocycles. The molecule has 18 heavy (non-hydrogen) atoms. The number of anilines is 1. The van der Waals surface area contributed by atoms with Gasteiger partial charge in [-0.05, 0) is 50.1 Å². The zero-order valence-corrected chi connectivity index (χ0v) is 10.9. The molecule has 4 nitrogen and oxygen atoms in total. The molecule has 0 aliphatic carbocycles. The fourth-order valence-corrected chi connectivity index (χ4v) is 1.51. The van der Waals surface area contributed by atoms with Gasteiger partial charge in [-0.2, -0.15) is 0 Å². The first kappa shape index (κ1) is 14.5. The first-order chi connectivity index (χ1) is 8.76. The van der Waals surface area contributed by atoms with Crippen LogP contribution < -0.4 is 15.8 Å². The molecule has 100 valence electrons. The van der Waals surface area contributed by atoms with E-state index in [1.807, 2.05) is 24.3 Å². The van der Waals surface area contributed by atoms with E-state index in [1.165, 1.54) is 0 Å². The Morgan fingerprint density at radius 3 is 2.61 bits per heavy atom. The van der Waals surface area contributed by atoms with Crippen molar-refractivity contribution in [1.82, 2.24) is 0 Å². The molecule has 0 radical (unpaired) electrons. The molecule has 4 heteroatoms. The number of nitrogens with one attached hydrogen (secondary N) is 1. The molecule has 3 N–H and O–H groups in total. The molecule has 0 unspecified atom stereocenters. The van der Waals surface area contributed by atoms with Gasteiger partial charge in [-0.25, -0.2) is 0 Å². The average molecular weight is 250 g/mol. The predicted molar refractivity (Wildman–Crippen MR) is 73.8 cm³/mol. The molecule has 0 spiro atoms. The maximum absolute atomic E-state index is 11.6. The molecule has 1 aromatic rings. The smallest absolute Gasteiger partial charge is 0.224 e. The highest BCUT2D eigenvalue weighted by atomic mass is 16.5. The molecule has 0 saturated heterocycles. The number of unbranched alkanes of at least 4 members (excludes halogenated alkanes) is 1. The Morgan fingerprint density at radius 2 is 2.00 bits per heavy atom. The van der Waals surface area contributed by atoms with Crippen molar-refractivity contribution in [3.63, 3.8) is 0 Å². The molecule has 1 amide bonds. The summed E-state index contributed by atoms with van der Waals surface area (Å²) in [6.45, 7) is 3.41. The van der Waals surface area contributed by atoms with Crippen LogP contribution in [0.2, 0.25) is 0 Å². The lowest BCUT2D eigenvalue weighted by Crippen LogP contribution is -2.11. The average Bonchev–Trinajstić information content (AvgIpc) is 2.38. The third-order valence-electron chi connectivity index (χ3n) is 2.47. The van der Waals surface area contributed by atoms with Gasteiger partial charge < -0.3 is 15.8 Å². The summed E-state index contributed by atoms with van der Waals surface area (Å²) in [6, 6.07) is 7.44. The van der Waals surface area contributed by atoms with Gasteiger partial charge in [0.1, 0.15) is 5.75 Å². The van der Waals surface area contributed by atoms with Crippen LogP contribution in [0.4, 0.5) is 5.69 Å². The minimum Gasteiger partial charge on any atom is -0.494 e. The number of hydrogen-bond acceptors (Lipinski definition) is 3. The summed E-state index contributed by atoms with van der Waals surface area (Å²) in [4.78, 5) is 11.6. The largest absolute Gasteiger partial charge is 0.494 e. The highest BCUT2D eigenvalue weighted by Crippen LogP contribution is 2.16. The molecule has 0 aliphatic rings. The van der Waals surface area contributed by atoms with Crippen molar-refractivity contribution in [1.29, 1.82) is 0 Å². The Kier molecular flexibility index (Phi) is 6.87. The van der Waals surface area contributed by atoms with E-state index in [0.717, 1.165) is 30.7 Å². The topological polar surface area (TPSA) is 64.3 Å². The van der Waals surface area contributed by atoms with Gasteiger partial charge in [0.05, 0.1) is 6.61 Å². The Balaban J connectivity index is 2.35.